The highest BCUT2D eigenvalue weighted by Crippen LogP contribution is 2.33. The molecule has 192 valence electrons. The van der Waals surface area contributed by atoms with Gasteiger partial charge in [0.2, 0.25) is 6.79 Å². The maximum absolute atomic E-state index is 13.0. The summed E-state index contributed by atoms with van der Waals surface area (Å²) in [5.41, 5.74) is 2.26. The van der Waals surface area contributed by atoms with Crippen molar-refractivity contribution in [1.82, 2.24) is 20.1 Å². The number of benzene rings is 2. The predicted molar refractivity (Wildman–Crippen MR) is 146 cm³/mol. The van der Waals surface area contributed by atoms with E-state index in [-0.39, 0.29) is 12.4 Å². The zero-order valence-electron chi connectivity index (χ0n) is 21.1. The van der Waals surface area contributed by atoms with Crippen LogP contribution < -0.4 is 25.1 Å². The molecule has 1 aliphatic heterocycles. The molecular formula is C27H34N4O4S. The third-order valence-corrected chi connectivity index (χ3v) is 6.81. The van der Waals surface area contributed by atoms with Gasteiger partial charge in [0, 0.05) is 24.7 Å². The normalized spacial score (nSPS) is 12.2. The van der Waals surface area contributed by atoms with Crippen molar-refractivity contribution in [2.24, 2.45) is 0 Å². The van der Waals surface area contributed by atoms with Gasteiger partial charge in [-0.15, -0.1) is 0 Å². The summed E-state index contributed by atoms with van der Waals surface area (Å²) in [7, 11) is 1.61. The number of ether oxygens (including phenoxy) is 3. The molecule has 0 fully saturated rings. The van der Waals surface area contributed by atoms with Crippen molar-refractivity contribution in [3.8, 4) is 17.2 Å². The Labute approximate surface area is 217 Å². The fourth-order valence-corrected chi connectivity index (χ4v) is 4.52. The molecule has 0 unspecified atom stereocenters. The Kier molecular flexibility index (Phi) is 8.66. The summed E-state index contributed by atoms with van der Waals surface area (Å²) in [6, 6.07) is 13.5. The molecule has 0 bridgehead atoms. The summed E-state index contributed by atoms with van der Waals surface area (Å²) < 4.78 is 16.3. The van der Waals surface area contributed by atoms with Crippen LogP contribution in [0.1, 0.15) is 31.4 Å². The second-order valence-corrected chi connectivity index (χ2v) is 9.12. The lowest BCUT2D eigenvalue weighted by Crippen LogP contribution is -2.41. The minimum Gasteiger partial charge on any atom is -0.497 e. The van der Waals surface area contributed by atoms with Gasteiger partial charge in [-0.05, 0) is 79.6 Å². The zero-order valence-corrected chi connectivity index (χ0v) is 22.0. The molecule has 2 aromatic carbocycles. The molecule has 3 aromatic rings. The Morgan fingerprint density at radius 1 is 1.08 bits per heavy atom. The van der Waals surface area contributed by atoms with Gasteiger partial charge in [-0.1, -0.05) is 19.9 Å². The van der Waals surface area contributed by atoms with Crippen molar-refractivity contribution in [3.05, 3.63) is 63.9 Å². The van der Waals surface area contributed by atoms with E-state index in [0.717, 1.165) is 60.6 Å². The van der Waals surface area contributed by atoms with Gasteiger partial charge in [0.15, 0.2) is 16.6 Å². The maximum Gasteiger partial charge on any atom is 0.253 e. The first-order valence-electron chi connectivity index (χ1n) is 12.3. The molecule has 1 aliphatic rings. The van der Waals surface area contributed by atoms with E-state index in [2.05, 4.69) is 29.0 Å². The average molecular weight is 511 g/mol. The van der Waals surface area contributed by atoms with Crippen LogP contribution in [0.2, 0.25) is 0 Å². The number of fused-ring (bicyclic) bond motifs is 2. The van der Waals surface area contributed by atoms with Gasteiger partial charge in [0.25, 0.3) is 5.56 Å². The van der Waals surface area contributed by atoms with Crippen LogP contribution in [0.25, 0.3) is 10.9 Å². The van der Waals surface area contributed by atoms with Crippen LogP contribution in [0.3, 0.4) is 0 Å². The van der Waals surface area contributed by atoms with Crippen molar-refractivity contribution in [2.75, 3.05) is 40.1 Å². The molecule has 0 aliphatic carbocycles. The highest BCUT2D eigenvalue weighted by Gasteiger charge is 2.18. The van der Waals surface area contributed by atoms with Crippen LogP contribution in [0, 0.1) is 0 Å². The molecule has 0 amide bonds. The lowest BCUT2D eigenvalue weighted by Gasteiger charge is -2.26. The SMILES string of the molecule is CCN(CC)CCCNC(=S)N(Cc1ccc2c(c1)OCO2)Cc1cc2ccc(OC)cc2[nH]c1=O. The zero-order chi connectivity index (χ0) is 25.5. The number of nitrogens with zero attached hydrogens (tertiary/aromatic N) is 2. The van der Waals surface area contributed by atoms with Gasteiger partial charge in [0.05, 0.1) is 19.2 Å². The molecule has 0 saturated heterocycles. The van der Waals surface area contributed by atoms with Gasteiger partial charge < -0.3 is 34.3 Å². The molecule has 4 rings (SSSR count). The van der Waals surface area contributed by atoms with Crippen LogP contribution in [0.4, 0.5) is 0 Å². The summed E-state index contributed by atoms with van der Waals surface area (Å²) >= 11 is 5.80. The largest absolute Gasteiger partial charge is 0.497 e. The minimum atomic E-state index is -0.143. The van der Waals surface area contributed by atoms with Crippen molar-refractivity contribution in [1.29, 1.82) is 0 Å². The standard InChI is InChI=1S/C27H34N4O4S/c1-4-30(5-2)12-6-11-28-27(36)31(16-19-7-10-24-25(13-19)35-18-34-24)17-21-14-20-8-9-22(33-3)15-23(20)29-26(21)32/h7-10,13-15H,4-6,11-12,16-18H2,1-3H3,(H,28,36)(H,29,32). The Hall–Kier alpha value is -3.30. The predicted octanol–water partition coefficient (Wildman–Crippen LogP) is 3.87. The van der Waals surface area contributed by atoms with Gasteiger partial charge in [-0.3, -0.25) is 4.79 Å². The summed E-state index contributed by atoms with van der Waals surface area (Å²) in [6.07, 6.45) is 0.984. The third kappa shape index (κ3) is 6.27. The van der Waals surface area contributed by atoms with Gasteiger partial charge in [-0.25, -0.2) is 0 Å². The van der Waals surface area contributed by atoms with E-state index in [1.807, 2.05) is 47.4 Å². The summed E-state index contributed by atoms with van der Waals surface area (Å²) in [5.74, 6) is 2.16. The average Bonchev–Trinajstić information content (AvgIpc) is 3.36. The van der Waals surface area contributed by atoms with Crippen molar-refractivity contribution in [2.45, 2.75) is 33.4 Å². The van der Waals surface area contributed by atoms with E-state index >= 15 is 0 Å². The Morgan fingerprint density at radius 2 is 1.89 bits per heavy atom. The minimum absolute atomic E-state index is 0.143. The van der Waals surface area contributed by atoms with Crippen molar-refractivity contribution in [3.63, 3.8) is 0 Å². The summed E-state index contributed by atoms with van der Waals surface area (Å²) in [4.78, 5) is 20.4. The lowest BCUT2D eigenvalue weighted by molar-refractivity contribution is 0.174. The van der Waals surface area contributed by atoms with Crippen molar-refractivity contribution >= 4 is 28.2 Å². The van der Waals surface area contributed by atoms with Crippen LogP contribution in [0.5, 0.6) is 17.2 Å². The van der Waals surface area contributed by atoms with E-state index in [9.17, 15) is 4.79 Å². The van der Waals surface area contributed by atoms with Crippen LogP contribution in [-0.4, -0.2) is 60.0 Å². The second kappa shape index (κ2) is 12.1. The van der Waals surface area contributed by atoms with E-state index < -0.39 is 0 Å². The number of thiocarbonyl (C=S) groups is 1. The number of aromatic nitrogens is 1. The van der Waals surface area contributed by atoms with Gasteiger partial charge in [0.1, 0.15) is 5.75 Å². The molecule has 2 N–H and O–H groups in total. The Morgan fingerprint density at radius 3 is 2.67 bits per heavy atom. The van der Waals surface area contributed by atoms with E-state index in [4.69, 9.17) is 26.4 Å². The number of aromatic amines is 1. The second-order valence-electron chi connectivity index (χ2n) is 8.73. The van der Waals surface area contributed by atoms with Crippen molar-refractivity contribution < 1.29 is 14.2 Å². The molecule has 8 nitrogen and oxygen atoms in total. The molecule has 2 heterocycles. The third-order valence-electron chi connectivity index (χ3n) is 6.41. The van der Waals surface area contributed by atoms with Gasteiger partial charge in [-0.2, -0.15) is 0 Å². The Balaban J connectivity index is 1.52. The van der Waals surface area contributed by atoms with Crippen LogP contribution in [0.15, 0.2) is 47.3 Å². The molecule has 36 heavy (non-hydrogen) atoms. The molecule has 1 aromatic heterocycles. The van der Waals surface area contributed by atoms with Gasteiger partial charge >= 0.3 is 0 Å². The fraction of sp³-hybridized carbons (Fsp3) is 0.407. The molecular weight excluding hydrogens is 476 g/mol. The first kappa shape index (κ1) is 25.8. The smallest absolute Gasteiger partial charge is 0.253 e. The van der Waals surface area contributed by atoms with Crippen LogP contribution in [-0.2, 0) is 13.1 Å². The van der Waals surface area contributed by atoms with E-state index in [1.54, 1.807) is 7.11 Å². The molecule has 0 saturated carbocycles. The van der Waals surface area contributed by atoms with E-state index in [1.165, 1.54) is 0 Å². The summed E-state index contributed by atoms with van der Waals surface area (Å²) in [6.45, 7) is 9.32. The number of H-pyrrole nitrogens is 1. The number of methoxy groups -OCH3 is 1. The number of hydrogen-bond acceptors (Lipinski definition) is 6. The van der Waals surface area contributed by atoms with E-state index in [0.29, 0.717) is 29.5 Å². The fourth-order valence-electron chi connectivity index (χ4n) is 4.28. The quantitative estimate of drug-likeness (QED) is 0.297. The molecule has 0 spiro atoms. The monoisotopic (exact) mass is 510 g/mol. The number of rotatable bonds is 11. The lowest BCUT2D eigenvalue weighted by atomic mass is 10.1. The number of nitrogens with one attached hydrogen (secondary N) is 2. The van der Waals surface area contributed by atoms with Crippen LogP contribution >= 0.6 is 12.2 Å². The summed E-state index contributed by atoms with van der Waals surface area (Å²) in [5, 5.41) is 4.95. The topological polar surface area (TPSA) is 79.1 Å². The maximum atomic E-state index is 13.0. The first-order valence-corrected chi connectivity index (χ1v) is 12.7. The molecule has 0 radical (unpaired) electrons. The number of pyridine rings is 1. The molecule has 0 atom stereocenters. The first-order chi connectivity index (χ1) is 17.5. The highest BCUT2D eigenvalue weighted by molar-refractivity contribution is 7.80. The number of hydrogen-bond donors (Lipinski definition) is 2. The molecule has 9 heteroatoms. The highest BCUT2D eigenvalue weighted by atomic mass is 32.1. The Bertz CT molecular complexity index is 1260.